The van der Waals surface area contributed by atoms with E-state index in [0.29, 0.717) is 29.8 Å². The summed E-state index contributed by atoms with van der Waals surface area (Å²) in [4.78, 5) is 22.2. The van der Waals surface area contributed by atoms with Crippen molar-refractivity contribution >= 4 is 10.9 Å². The van der Waals surface area contributed by atoms with Crippen molar-refractivity contribution in [1.29, 1.82) is 0 Å². The maximum Gasteiger partial charge on any atom is 0.258 e. The molecule has 0 fully saturated rings. The largest absolute Gasteiger partial charge is 0.361 e. The van der Waals surface area contributed by atoms with Crippen LogP contribution in [0.4, 0.5) is 0 Å². The smallest absolute Gasteiger partial charge is 0.258 e. The van der Waals surface area contributed by atoms with Crippen LogP contribution in [0.3, 0.4) is 0 Å². The fourth-order valence-electron chi connectivity index (χ4n) is 3.38. The molecule has 4 rings (SSSR count). The third-order valence-corrected chi connectivity index (χ3v) is 4.85. The minimum absolute atomic E-state index is 0.113. The Hall–Kier alpha value is -3.25. The van der Waals surface area contributed by atoms with Crippen molar-refractivity contribution < 1.29 is 4.52 Å². The van der Waals surface area contributed by atoms with E-state index in [1.165, 1.54) is 5.56 Å². The van der Waals surface area contributed by atoms with E-state index in [0.717, 1.165) is 23.6 Å². The molecule has 0 saturated heterocycles. The summed E-state index contributed by atoms with van der Waals surface area (Å²) in [5, 5.41) is 4.67. The second-order valence-electron chi connectivity index (χ2n) is 6.96. The molecule has 4 aromatic rings. The molecular weight excluding hydrogens is 352 g/mol. The number of H-pyrrole nitrogens is 1. The molecule has 0 aliphatic rings. The number of rotatable bonds is 6. The van der Waals surface area contributed by atoms with E-state index in [1.807, 2.05) is 50.2 Å². The predicted octanol–water partition coefficient (Wildman–Crippen LogP) is 3.73. The number of para-hydroxylation sites is 1. The molecule has 0 radical (unpaired) electrons. The van der Waals surface area contributed by atoms with Crippen molar-refractivity contribution in [2.75, 3.05) is 0 Å². The molecule has 142 valence electrons. The number of fused-ring (bicyclic) bond motifs is 1. The molecule has 0 aliphatic heterocycles. The Kier molecular flexibility index (Phi) is 5.04. The van der Waals surface area contributed by atoms with Crippen molar-refractivity contribution in [3.05, 3.63) is 93.4 Å². The quantitative estimate of drug-likeness (QED) is 0.557. The van der Waals surface area contributed by atoms with Crippen LogP contribution in [-0.4, -0.2) is 20.0 Å². The number of nitrogens with zero attached hydrogens (tertiary/aromatic N) is 3. The Labute approximate surface area is 162 Å². The van der Waals surface area contributed by atoms with Crippen LogP contribution in [0.2, 0.25) is 0 Å². The van der Waals surface area contributed by atoms with Crippen LogP contribution in [0, 0.1) is 13.8 Å². The second kappa shape index (κ2) is 7.78. The highest BCUT2D eigenvalue weighted by atomic mass is 16.5. The van der Waals surface area contributed by atoms with Crippen LogP contribution in [0.25, 0.3) is 10.9 Å². The zero-order valence-corrected chi connectivity index (χ0v) is 16.0. The van der Waals surface area contributed by atoms with Crippen molar-refractivity contribution in [3.8, 4) is 0 Å². The first kappa shape index (κ1) is 18.1. The van der Waals surface area contributed by atoms with Gasteiger partial charge in [0.15, 0.2) is 0 Å². The molecule has 0 bridgehead atoms. The average Bonchev–Trinajstić information content (AvgIpc) is 3.01. The highest BCUT2D eigenvalue weighted by Crippen LogP contribution is 2.18. The molecule has 2 aromatic carbocycles. The SMILES string of the molecule is Cc1noc(C)c1CN(Cc1ccccc1)Cc1nc2ccccc2c(=O)[nH]1. The number of hydrogen-bond acceptors (Lipinski definition) is 5. The average molecular weight is 374 g/mol. The summed E-state index contributed by atoms with van der Waals surface area (Å²) < 4.78 is 5.32. The third kappa shape index (κ3) is 3.87. The highest BCUT2D eigenvalue weighted by Gasteiger charge is 2.16. The Balaban J connectivity index is 1.66. The van der Waals surface area contributed by atoms with Gasteiger partial charge in [-0.25, -0.2) is 4.98 Å². The first-order chi connectivity index (χ1) is 13.6. The van der Waals surface area contributed by atoms with E-state index in [1.54, 1.807) is 6.07 Å². The van der Waals surface area contributed by atoms with Gasteiger partial charge in [0.25, 0.3) is 5.56 Å². The van der Waals surface area contributed by atoms with Gasteiger partial charge in [-0.05, 0) is 31.5 Å². The van der Waals surface area contributed by atoms with Gasteiger partial charge >= 0.3 is 0 Å². The lowest BCUT2D eigenvalue weighted by Gasteiger charge is -2.22. The molecular formula is C22H22N4O2. The van der Waals surface area contributed by atoms with E-state index in [4.69, 9.17) is 4.52 Å². The van der Waals surface area contributed by atoms with Gasteiger partial charge in [0.2, 0.25) is 0 Å². The molecule has 2 heterocycles. The third-order valence-electron chi connectivity index (χ3n) is 4.85. The first-order valence-electron chi connectivity index (χ1n) is 9.26. The standard InChI is InChI=1S/C22H22N4O2/c1-15-19(16(2)28-25-15)13-26(12-17-8-4-3-5-9-17)14-21-23-20-11-7-6-10-18(20)22(27)24-21/h3-11H,12-14H2,1-2H3,(H,23,24,27). The molecule has 6 heteroatoms. The monoisotopic (exact) mass is 374 g/mol. The summed E-state index contributed by atoms with van der Waals surface area (Å²) >= 11 is 0. The fraction of sp³-hybridized carbons (Fsp3) is 0.227. The van der Waals surface area contributed by atoms with Crippen molar-refractivity contribution in [3.63, 3.8) is 0 Å². The Morgan fingerprint density at radius 1 is 0.964 bits per heavy atom. The first-order valence-corrected chi connectivity index (χ1v) is 9.26. The van der Waals surface area contributed by atoms with Crippen LogP contribution in [0.1, 0.15) is 28.4 Å². The lowest BCUT2D eigenvalue weighted by atomic mass is 10.1. The lowest BCUT2D eigenvalue weighted by Crippen LogP contribution is -2.25. The van der Waals surface area contributed by atoms with E-state index in [9.17, 15) is 4.79 Å². The molecule has 0 spiro atoms. The number of benzene rings is 2. The Bertz CT molecular complexity index is 1130. The molecule has 0 aliphatic carbocycles. The molecule has 0 saturated carbocycles. The van der Waals surface area contributed by atoms with Gasteiger partial charge in [-0.1, -0.05) is 47.6 Å². The molecule has 0 unspecified atom stereocenters. The van der Waals surface area contributed by atoms with Crippen molar-refractivity contribution in [1.82, 2.24) is 20.0 Å². The van der Waals surface area contributed by atoms with Gasteiger partial charge in [-0.15, -0.1) is 0 Å². The molecule has 28 heavy (non-hydrogen) atoms. The summed E-state index contributed by atoms with van der Waals surface area (Å²) in [7, 11) is 0. The van der Waals surface area contributed by atoms with Crippen LogP contribution >= 0.6 is 0 Å². The van der Waals surface area contributed by atoms with Gasteiger partial charge < -0.3 is 9.51 Å². The number of hydrogen-bond donors (Lipinski definition) is 1. The second-order valence-corrected chi connectivity index (χ2v) is 6.96. The topological polar surface area (TPSA) is 75.0 Å². The summed E-state index contributed by atoms with van der Waals surface area (Å²) in [6.45, 7) is 5.77. The maximum absolute atomic E-state index is 12.4. The van der Waals surface area contributed by atoms with E-state index >= 15 is 0 Å². The van der Waals surface area contributed by atoms with E-state index in [2.05, 4.69) is 32.2 Å². The van der Waals surface area contributed by atoms with Crippen LogP contribution in [-0.2, 0) is 19.6 Å². The van der Waals surface area contributed by atoms with Crippen LogP contribution < -0.4 is 5.56 Å². The highest BCUT2D eigenvalue weighted by molar-refractivity contribution is 5.77. The Morgan fingerprint density at radius 3 is 2.46 bits per heavy atom. The fourth-order valence-corrected chi connectivity index (χ4v) is 3.38. The van der Waals surface area contributed by atoms with Crippen LogP contribution in [0.5, 0.6) is 0 Å². The summed E-state index contributed by atoms with van der Waals surface area (Å²) in [6, 6.07) is 17.6. The normalized spacial score (nSPS) is 11.4. The summed E-state index contributed by atoms with van der Waals surface area (Å²) in [5.41, 5.74) is 3.74. The van der Waals surface area contributed by atoms with E-state index < -0.39 is 0 Å². The lowest BCUT2D eigenvalue weighted by molar-refractivity contribution is 0.239. The molecule has 1 N–H and O–H groups in total. The van der Waals surface area contributed by atoms with Gasteiger partial charge in [0, 0.05) is 18.7 Å². The van der Waals surface area contributed by atoms with Crippen molar-refractivity contribution in [2.24, 2.45) is 0 Å². The maximum atomic E-state index is 12.4. The minimum Gasteiger partial charge on any atom is -0.361 e. The number of aromatic nitrogens is 3. The number of aromatic amines is 1. The van der Waals surface area contributed by atoms with E-state index in [-0.39, 0.29) is 5.56 Å². The summed E-state index contributed by atoms with van der Waals surface area (Å²) in [5.74, 6) is 1.46. The zero-order valence-electron chi connectivity index (χ0n) is 16.0. The minimum atomic E-state index is -0.113. The summed E-state index contributed by atoms with van der Waals surface area (Å²) in [6.07, 6.45) is 0. The zero-order chi connectivity index (χ0) is 19.5. The Morgan fingerprint density at radius 2 is 1.71 bits per heavy atom. The predicted molar refractivity (Wildman–Crippen MR) is 108 cm³/mol. The van der Waals surface area contributed by atoms with Crippen molar-refractivity contribution in [2.45, 2.75) is 33.5 Å². The van der Waals surface area contributed by atoms with Gasteiger partial charge in [0.05, 0.1) is 23.1 Å². The molecule has 0 amide bonds. The number of aryl methyl sites for hydroxylation is 2. The molecule has 2 aromatic heterocycles. The molecule has 6 nitrogen and oxygen atoms in total. The molecule has 0 atom stereocenters. The van der Waals surface area contributed by atoms with Crippen LogP contribution in [0.15, 0.2) is 63.9 Å². The number of nitrogens with one attached hydrogen (secondary N) is 1. The van der Waals surface area contributed by atoms with Gasteiger partial charge in [-0.2, -0.15) is 0 Å². The van der Waals surface area contributed by atoms with Gasteiger partial charge in [0.1, 0.15) is 11.6 Å². The van der Waals surface area contributed by atoms with Gasteiger partial charge in [-0.3, -0.25) is 9.69 Å².